The summed E-state index contributed by atoms with van der Waals surface area (Å²) in [4.78, 5) is 16.3. The first-order chi connectivity index (χ1) is 12.2. The van der Waals surface area contributed by atoms with Gasteiger partial charge in [0.05, 0.1) is 12.2 Å². The van der Waals surface area contributed by atoms with Crippen LogP contribution in [-0.4, -0.2) is 23.2 Å². The maximum Gasteiger partial charge on any atom is 0.338 e. The smallest absolute Gasteiger partial charge is 0.338 e. The zero-order valence-electron chi connectivity index (χ0n) is 13.4. The Morgan fingerprint density at radius 2 is 1.96 bits per heavy atom. The first-order valence-electron chi connectivity index (χ1n) is 7.49. The van der Waals surface area contributed by atoms with E-state index in [1.807, 2.05) is 36.4 Å². The molecule has 7 heteroatoms. The van der Waals surface area contributed by atoms with E-state index < -0.39 is 5.97 Å². The minimum Gasteiger partial charge on any atom is -0.452 e. The first kappa shape index (κ1) is 17.3. The molecule has 0 amide bonds. The van der Waals surface area contributed by atoms with E-state index in [2.05, 4.69) is 26.1 Å². The molecule has 0 fully saturated rings. The van der Waals surface area contributed by atoms with Gasteiger partial charge in [-0.15, -0.1) is 0 Å². The van der Waals surface area contributed by atoms with E-state index in [-0.39, 0.29) is 12.5 Å². The van der Waals surface area contributed by atoms with Crippen LogP contribution in [-0.2, 0) is 22.7 Å². The number of hydrogen-bond acceptors (Lipinski definition) is 6. The quantitative estimate of drug-likeness (QED) is 0.580. The summed E-state index contributed by atoms with van der Waals surface area (Å²) in [5.74, 6) is 0.224. The number of hydrogen-bond donors (Lipinski definition) is 0. The number of aromatic nitrogens is 2. The summed E-state index contributed by atoms with van der Waals surface area (Å²) in [5.41, 5.74) is 2.24. The number of esters is 1. The molecule has 0 saturated carbocycles. The Bertz CT molecular complexity index is 862. The largest absolute Gasteiger partial charge is 0.452 e. The highest BCUT2D eigenvalue weighted by Gasteiger charge is 2.12. The van der Waals surface area contributed by atoms with Crippen molar-refractivity contribution in [2.75, 3.05) is 7.11 Å². The van der Waals surface area contributed by atoms with Crippen molar-refractivity contribution >= 4 is 21.9 Å². The maximum absolute atomic E-state index is 12.1. The van der Waals surface area contributed by atoms with Gasteiger partial charge in [-0.05, 0) is 29.8 Å². The van der Waals surface area contributed by atoms with Crippen molar-refractivity contribution in [3.05, 3.63) is 70.0 Å². The third-order valence-electron chi connectivity index (χ3n) is 3.38. The summed E-state index contributed by atoms with van der Waals surface area (Å²) in [7, 11) is 1.62. The molecule has 25 heavy (non-hydrogen) atoms. The zero-order chi connectivity index (χ0) is 17.6. The minimum absolute atomic E-state index is 0.0837. The topological polar surface area (TPSA) is 74.5 Å². The van der Waals surface area contributed by atoms with Gasteiger partial charge in [-0.2, -0.15) is 4.98 Å². The number of carbonyl (C=O) groups excluding carboxylic acids is 1. The first-order valence-corrected chi connectivity index (χ1v) is 8.28. The normalized spacial score (nSPS) is 10.6. The lowest BCUT2D eigenvalue weighted by Gasteiger charge is -2.03. The van der Waals surface area contributed by atoms with Gasteiger partial charge in [0, 0.05) is 17.1 Å². The van der Waals surface area contributed by atoms with Gasteiger partial charge >= 0.3 is 5.97 Å². The van der Waals surface area contributed by atoms with Crippen molar-refractivity contribution in [1.82, 2.24) is 10.1 Å². The van der Waals surface area contributed by atoms with Crippen LogP contribution in [0.3, 0.4) is 0 Å². The molecule has 0 aliphatic heterocycles. The Morgan fingerprint density at radius 3 is 2.68 bits per heavy atom. The molecule has 1 heterocycles. The van der Waals surface area contributed by atoms with Crippen LogP contribution in [0.25, 0.3) is 11.4 Å². The highest BCUT2D eigenvalue weighted by molar-refractivity contribution is 9.10. The lowest BCUT2D eigenvalue weighted by molar-refractivity contribution is 0.0429. The molecule has 0 unspecified atom stereocenters. The summed E-state index contributed by atoms with van der Waals surface area (Å²) in [6.07, 6.45) is 0. The van der Waals surface area contributed by atoms with Gasteiger partial charge in [0.2, 0.25) is 5.82 Å². The highest BCUT2D eigenvalue weighted by atomic mass is 79.9. The second-order valence-electron chi connectivity index (χ2n) is 5.23. The summed E-state index contributed by atoms with van der Waals surface area (Å²) >= 11 is 3.39. The third kappa shape index (κ3) is 4.52. The van der Waals surface area contributed by atoms with Crippen molar-refractivity contribution in [1.29, 1.82) is 0 Å². The Labute approximate surface area is 152 Å². The van der Waals surface area contributed by atoms with Gasteiger partial charge in [-0.25, -0.2) is 4.79 Å². The summed E-state index contributed by atoms with van der Waals surface area (Å²) in [6, 6.07) is 14.5. The van der Waals surface area contributed by atoms with Gasteiger partial charge in [-0.1, -0.05) is 45.4 Å². The second kappa shape index (κ2) is 8.04. The molecule has 0 bridgehead atoms. The molecule has 6 nitrogen and oxygen atoms in total. The van der Waals surface area contributed by atoms with E-state index in [4.69, 9.17) is 14.0 Å². The average molecular weight is 403 g/mol. The van der Waals surface area contributed by atoms with Gasteiger partial charge in [0.1, 0.15) is 0 Å². The number of ether oxygens (including phenoxy) is 2. The van der Waals surface area contributed by atoms with Crippen LogP contribution in [0, 0.1) is 0 Å². The summed E-state index contributed by atoms with van der Waals surface area (Å²) in [5, 5.41) is 3.90. The molecule has 128 valence electrons. The summed E-state index contributed by atoms with van der Waals surface area (Å²) < 4.78 is 16.3. The second-order valence-corrected chi connectivity index (χ2v) is 6.14. The Kier molecular flexibility index (Phi) is 5.57. The number of rotatable bonds is 6. The third-order valence-corrected chi connectivity index (χ3v) is 3.87. The zero-order valence-corrected chi connectivity index (χ0v) is 15.0. The van der Waals surface area contributed by atoms with E-state index >= 15 is 0 Å². The molecule has 0 saturated heterocycles. The lowest BCUT2D eigenvalue weighted by Crippen LogP contribution is -2.05. The SMILES string of the molecule is COCc1ccc(C(=O)OCc2nc(-c3cccc(Br)c3)no2)cc1. The lowest BCUT2D eigenvalue weighted by atomic mass is 10.1. The van der Waals surface area contributed by atoms with Crippen molar-refractivity contribution in [2.24, 2.45) is 0 Å². The minimum atomic E-state index is -0.453. The molecule has 0 atom stereocenters. The molecular formula is C18H15BrN2O4. The van der Waals surface area contributed by atoms with Gasteiger partial charge < -0.3 is 14.0 Å². The fourth-order valence-electron chi connectivity index (χ4n) is 2.17. The predicted octanol–water partition coefficient (Wildman–Crippen LogP) is 4.00. The Balaban J connectivity index is 1.61. The molecule has 2 aromatic carbocycles. The standard InChI is InChI=1S/C18H15BrN2O4/c1-23-10-12-5-7-13(8-6-12)18(22)24-11-16-20-17(21-25-16)14-3-2-4-15(19)9-14/h2-9H,10-11H2,1H3. The van der Waals surface area contributed by atoms with E-state index in [0.717, 1.165) is 15.6 Å². The Morgan fingerprint density at radius 1 is 1.16 bits per heavy atom. The number of methoxy groups -OCH3 is 1. The molecule has 3 rings (SSSR count). The average Bonchev–Trinajstić information content (AvgIpc) is 3.10. The summed E-state index contributed by atoms with van der Waals surface area (Å²) in [6.45, 7) is 0.412. The number of benzene rings is 2. The van der Waals surface area contributed by atoms with Gasteiger partial charge in [-0.3, -0.25) is 0 Å². The fraction of sp³-hybridized carbons (Fsp3) is 0.167. The van der Waals surface area contributed by atoms with E-state index in [0.29, 0.717) is 18.0 Å². The molecular weight excluding hydrogens is 388 g/mol. The molecule has 0 aliphatic rings. The fourth-order valence-corrected chi connectivity index (χ4v) is 2.57. The van der Waals surface area contributed by atoms with Crippen LogP contribution in [0.5, 0.6) is 0 Å². The molecule has 0 N–H and O–H groups in total. The van der Waals surface area contributed by atoms with Gasteiger partial charge in [0.15, 0.2) is 6.61 Å². The van der Waals surface area contributed by atoms with Crippen LogP contribution >= 0.6 is 15.9 Å². The molecule has 0 aliphatic carbocycles. The van der Waals surface area contributed by atoms with Crippen LogP contribution in [0.2, 0.25) is 0 Å². The van der Waals surface area contributed by atoms with Crippen LogP contribution in [0.15, 0.2) is 57.5 Å². The van der Waals surface area contributed by atoms with Crippen molar-refractivity contribution in [2.45, 2.75) is 13.2 Å². The van der Waals surface area contributed by atoms with Crippen LogP contribution in [0.4, 0.5) is 0 Å². The monoisotopic (exact) mass is 402 g/mol. The maximum atomic E-state index is 12.1. The van der Waals surface area contributed by atoms with Crippen LogP contribution < -0.4 is 0 Å². The molecule has 0 spiro atoms. The van der Waals surface area contributed by atoms with Crippen molar-refractivity contribution < 1.29 is 18.8 Å². The van der Waals surface area contributed by atoms with Gasteiger partial charge in [0.25, 0.3) is 5.89 Å². The van der Waals surface area contributed by atoms with E-state index in [9.17, 15) is 4.79 Å². The van der Waals surface area contributed by atoms with E-state index in [1.165, 1.54) is 0 Å². The number of nitrogens with zero attached hydrogens (tertiary/aromatic N) is 2. The Hall–Kier alpha value is -2.51. The number of carbonyl (C=O) groups is 1. The van der Waals surface area contributed by atoms with Crippen LogP contribution in [0.1, 0.15) is 21.8 Å². The number of halogens is 1. The van der Waals surface area contributed by atoms with Crippen molar-refractivity contribution in [3.8, 4) is 11.4 Å². The predicted molar refractivity (Wildman–Crippen MR) is 93.7 cm³/mol. The molecule has 3 aromatic rings. The van der Waals surface area contributed by atoms with E-state index in [1.54, 1.807) is 19.2 Å². The van der Waals surface area contributed by atoms with Crippen molar-refractivity contribution in [3.63, 3.8) is 0 Å². The molecule has 1 aromatic heterocycles. The highest BCUT2D eigenvalue weighted by Crippen LogP contribution is 2.20. The molecule has 0 radical (unpaired) electrons.